The Morgan fingerprint density at radius 3 is 2.33 bits per heavy atom. The number of carbonyl (C=O) groups excluding carboxylic acids is 3. The summed E-state index contributed by atoms with van der Waals surface area (Å²) in [7, 11) is 1.17. The van der Waals surface area contributed by atoms with Gasteiger partial charge in [0.25, 0.3) is 17.6 Å². The number of amides is 2. The molecule has 0 saturated carbocycles. The summed E-state index contributed by atoms with van der Waals surface area (Å²) in [5, 5.41) is 18.9. The zero-order valence-corrected chi connectivity index (χ0v) is 25.5. The lowest BCUT2D eigenvalue weighted by Crippen LogP contribution is -2.41. The van der Waals surface area contributed by atoms with Crippen molar-refractivity contribution < 1.29 is 41.1 Å². The van der Waals surface area contributed by atoms with Crippen LogP contribution in [0.3, 0.4) is 0 Å². The normalized spacial score (nSPS) is 12.2. The summed E-state index contributed by atoms with van der Waals surface area (Å²) in [4.78, 5) is 43.9. The molecule has 0 aliphatic carbocycles. The second-order valence-electron chi connectivity index (χ2n) is 10.8. The fraction of sp³-hybridized carbons (Fsp3) is 0.333. The molecule has 0 spiro atoms. The summed E-state index contributed by atoms with van der Waals surface area (Å²) >= 11 is 6.29. The molecule has 0 bridgehead atoms. The Bertz CT molecular complexity index is 1820. The standard InChI is InChI=1S/C27H25ClF5N9O4/c1-13-9-14(23(45)46-5)10-16(21(43)36-25(2,3)4)19(13)35-22(44)18-11-15(38-42(18)20-17(28)7-6-8-34-20)12-41-39-24(37-40-41)26(29,30)27(31,32)33/h6-11H,12H2,1-5H3,(H,35,44)(H,36,43). The van der Waals surface area contributed by atoms with Gasteiger partial charge in [-0.05, 0) is 68.8 Å². The second kappa shape index (κ2) is 12.4. The number of halogens is 6. The maximum Gasteiger partial charge on any atom is 0.461 e. The molecule has 2 amide bonds. The Balaban J connectivity index is 1.77. The number of methoxy groups -OCH3 is 1. The Morgan fingerprint density at radius 2 is 1.72 bits per heavy atom. The summed E-state index contributed by atoms with van der Waals surface area (Å²) in [5.41, 5.74) is -0.725. The number of nitrogens with one attached hydrogen (secondary N) is 2. The molecular weight excluding hydrogens is 645 g/mol. The van der Waals surface area contributed by atoms with Crippen molar-refractivity contribution in [3.63, 3.8) is 0 Å². The molecule has 4 rings (SSSR count). The minimum atomic E-state index is -5.96. The van der Waals surface area contributed by atoms with Crippen LogP contribution < -0.4 is 10.6 Å². The molecule has 0 radical (unpaired) electrons. The molecule has 0 fully saturated rings. The fourth-order valence-corrected chi connectivity index (χ4v) is 4.23. The Kier molecular flexibility index (Phi) is 9.15. The maximum atomic E-state index is 13.8. The van der Waals surface area contributed by atoms with Crippen molar-refractivity contribution in [2.45, 2.75) is 51.9 Å². The van der Waals surface area contributed by atoms with Gasteiger partial charge in [-0.3, -0.25) is 9.59 Å². The van der Waals surface area contributed by atoms with E-state index in [4.69, 9.17) is 16.3 Å². The fourth-order valence-electron chi connectivity index (χ4n) is 4.02. The van der Waals surface area contributed by atoms with Crippen LogP contribution in [0.25, 0.3) is 5.82 Å². The molecule has 19 heteroatoms. The first-order chi connectivity index (χ1) is 21.3. The SMILES string of the molecule is COC(=O)c1cc(C)c(NC(=O)c2cc(Cn3nnc(C(F)(F)C(F)(F)F)n3)nn2-c2ncccc2Cl)c(C(=O)NC(C)(C)C)c1. The first kappa shape index (κ1) is 33.9. The molecule has 4 aromatic rings. The van der Waals surface area contributed by atoms with Gasteiger partial charge in [-0.15, -0.1) is 10.2 Å². The van der Waals surface area contributed by atoms with Crippen LogP contribution >= 0.6 is 11.6 Å². The average Bonchev–Trinajstić information content (AvgIpc) is 3.60. The van der Waals surface area contributed by atoms with Gasteiger partial charge in [0.05, 0.1) is 34.6 Å². The van der Waals surface area contributed by atoms with Gasteiger partial charge >= 0.3 is 18.1 Å². The topological polar surface area (TPSA) is 159 Å². The Labute approximate surface area is 262 Å². The first-order valence-corrected chi connectivity index (χ1v) is 13.5. The van der Waals surface area contributed by atoms with Crippen LogP contribution in [0, 0.1) is 6.92 Å². The number of tetrazole rings is 1. The molecule has 3 aromatic heterocycles. The third-order valence-corrected chi connectivity index (χ3v) is 6.35. The van der Waals surface area contributed by atoms with Crippen molar-refractivity contribution in [2.24, 2.45) is 0 Å². The molecule has 0 saturated heterocycles. The minimum Gasteiger partial charge on any atom is -0.465 e. The number of aryl methyl sites for hydroxylation is 1. The van der Waals surface area contributed by atoms with Gasteiger partial charge in [0, 0.05) is 11.7 Å². The van der Waals surface area contributed by atoms with E-state index in [1.807, 2.05) is 0 Å². The predicted molar refractivity (Wildman–Crippen MR) is 151 cm³/mol. The van der Waals surface area contributed by atoms with Crippen LogP contribution in [0.2, 0.25) is 5.02 Å². The molecule has 0 aliphatic heterocycles. The highest BCUT2D eigenvalue weighted by molar-refractivity contribution is 6.32. The van der Waals surface area contributed by atoms with Crippen molar-refractivity contribution in [1.82, 2.24) is 40.3 Å². The molecule has 244 valence electrons. The van der Waals surface area contributed by atoms with E-state index in [9.17, 15) is 36.3 Å². The van der Waals surface area contributed by atoms with E-state index in [0.29, 0.717) is 10.4 Å². The number of hydrogen-bond acceptors (Lipinski definition) is 9. The second-order valence-corrected chi connectivity index (χ2v) is 11.2. The quantitative estimate of drug-likeness (QED) is 0.204. The summed E-state index contributed by atoms with van der Waals surface area (Å²) < 4.78 is 71.5. The number of alkyl halides is 5. The maximum absolute atomic E-state index is 13.8. The van der Waals surface area contributed by atoms with E-state index in [-0.39, 0.29) is 39.0 Å². The summed E-state index contributed by atoms with van der Waals surface area (Å²) in [6.45, 7) is 6.14. The Morgan fingerprint density at radius 1 is 1.02 bits per heavy atom. The van der Waals surface area contributed by atoms with E-state index in [1.54, 1.807) is 27.7 Å². The van der Waals surface area contributed by atoms with Crippen LogP contribution in [0.5, 0.6) is 0 Å². The third kappa shape index (κ3) is 7.11. The third-order valence-electron chi connectivity index (χ3n) is 6.05. The Hall–Kier alpha value is -5.00. The van der Waals surface area contributed by atoms with Crippen LogP contribution in [0.4, 0.5) is 27.6 Å². The van der Waals surface area contributed by atoms with Crippen LogP contribution in [0.15, 0.2) is 36.5 Å². The van der Waals surface area contributed by atoms with Gasteiger partial charge < -0.3 is 15.4 Å². The van der Waals surface area contributed by atoms with Crippen LogP contribution in [-0.2, 0) is 17.2 Å². The number of pyridine rings is 1. The molecule has 0 unspecified atom stereocenters. The number of aromatic nitrogens is 7. The predicted octanol–water partition coefficient (Wildman–Crippen LogP) is 4.49. The lowest BCUT2D eigenvalue weighted by Gasteiger charge is -2.22. The van der Waals surface area contributed by atoms with E-state index < -0.39 is 47.8 Å². The molecule has 3 heterocycles. The van der Waals surface area contributed by atoms with Gasteiger partial charge in [0.2, 0.25) is 0 Å². The molecule has 13 nitrogen and oxygen atoms in total. The number of anilines is 1. The number of benzene rings is 1. The molecule has 46 heavy (non-hydrogen) atoms. The molecule has 0 atom stereocenters. The smallest absolute Gasteiger partial charge is 0.461 e. The summed E-state index contributed by atoms with van der Waals surface area (Å²) in [5.74, 6) is -9.50. The highest BCUT2D eigenvalue weighted by atomic mass is 35.5. The lowest BCUT2D eigenvalue weighted by atomic mass is 10.0. The first-order valence-electron chi connectivity index (χ1n) is 13.1. The van der Waals surface area contributed by atoms with Gasteiger partial charge in [0.15, 0.2) is 5.82 Å². The van der Waals surface area contributed by atoms with Gasteiger partial charge in [-0.25, -0.2) is 14.5 Å². The molecular formula is C27H25ClF5N9O4. The van der Waals surface area contributed by atoms with Crippen molar-refractivity contribution in [3.8, 4) is 5.82 Å². The van der Waals surface area contributed by atoms with Crippen molar-refractivity contribution in [3.05, 3.63) is 75.5 Å². The highest BCUT2D eigenvalue weighted by Gasteiger charge is 2.62. The van der Waals surface area contributed by atoms with E-state index in [1.165, 1.54) is 43.6 Å². The highest BCUT2D eigenvalue weighted by Crippen LogP contribution is 2.41. The van der Waals surface area contributed by atoms with E-state index in [0.717, 1.165) is 4.68 Å². The summed E-state index contributed by atoms with van der Waals surface area (Å²) in [6, 6.07) is 6.77. The lowest BCUT2D eigenvalue weighted by molar-refractivity contribution is -0.292. The monoisotopic (exact) mass is 669 g/mol. The zero-order chi connectivity index (χ0) is 34.2. The number of esters is 1. The molecule has 1 aromatic carbocycles. The number of rotatable bonds is 8. The van der Waals surface area contributed by atoms with E-state index in [2.05, 4.69) is 36.1 Å². The van der Waals surface area contributed by atoms with Gasteiger partial charge in [0.1, 0.15) is 12.2 Å². The number of carbonyl (C=O) groups is 3. The van der Waals surface area contributed by atoms with Gasteiger partial charge in [-0.1, -0.05) is 11.6 Å². The largest absolute Gasteiger partial charge is 0.465 e. The van der Waals surface area contributed by atoms with Crippen LogP contribution in [0.1, 0.15) is 69.1 Å². The van der Waals surface area contributed by atoms with Crippen molar-refractivity contribution in [1.29, 1.82) is 0 Å². The molecule has 2 N–H and O–H groups in total. The van der Waals surface area contributed by atoms with Crippen molar-refractivity contribution in [2.75, 3.05) is 12.4 Å². The number of hydrogen-bond donors (Lipinski definition) is 2. The van der Waals surface area contributed by atoms with Crippen molar-refractivity contribution >= 4 is 35.1 Å². The van der Waals surface area contributed by atoms with Crippen LogP contribution in [-0.4, -0.2) is 71.6 Å². The number of nitrogens with zero attached hydrogens (tertiary/aromatic N) is 7. The average molecular weight is 670 g/mol. The van der Waals surface area contributed by atoms with Gasteiger partial charge in [-0.2, -0.15) is 31.8 Å². The molecule has 0 aliphatic rings. The van der Waals surface area contributed by atoms with E-state index >= 15 is 0 Å². The minimum absolute atomic E-state index is 0.0257. The zero-order valence-electron chi connectivity index (χ0n) is 24.7. The number of ether oxygens (including phenoxy) is 1. The summed E-state index contributed by atoms with van der Waals surface area (Å²) in [6.07, 6.45) is -4.61.